The summed E-state index contributed by atoms with van der Waals surface area (Å²) in [4.78, 5) is 28.8. The van der Waals surface area contributed by atoms with Crippen LogP contribution in [0.5, 0.6) is 0 Å². The van der Waals surface area contributed by atoms with Gasteiger partial charge in [-0.1, -0.05) is 12.1 Å². The number of carbonyl (C=O) groups excluding carboxylic acids is 1. The number of nitrogens with one attached hydrogen (secondary N) is 2. The number of alkyl halides is 3. The zero-order valence-electron chi connectivity index (χ0n) is 16.7. The number of H-pyrrole nitrogens is 2. The zero-order valence-corrected chi connectivity index (χ0v) is 18.8. The maximum atomic E-state index is 13.8. The Morgan fingerprint density at radius 3 is 2.45 bits per heavy atom. The summed E-state index contributed by atoms with van der Waals surface area (Å²) in [5.74, 6) is -0.357. The predicted molar refractivity (Wildman–Crippen MR) is 121 cm³/mol. The van der Waals surface area contributed by atoms with Crippen molar-refractivity contribution in [3.63, 3.8) is 0 Å². The van der Waals surface area contributed by atoms with Gasteiger partial charge in [0.25, 0.3) is 5.91 Å². The number of halogens is 4. The van der Waals surface area contributed by atoms with Crippen molar-refractivity contribution in [3.8, 4) is 17.1 Å². The number of nitrogens with zero attached hydrogens (tertiary/aromatic N) is 4. The predicted octanol–water partition coefficient (Wildman–Crippen LogP) is 3.78. The van der Waals surface area contributed by atoms with Gasteiger partial charge in [-0.3, -0.25) is 9.78 Å². The second-order valence-electron chi connectivity index (χ2n) is 7.35. The highest BCUT2D eigenvalue weighted by atomic mass is 127. The summed E-state index contributed by atoms with van der Waals surface area (Å²) in [6, 6.07) is 13.4. The number of fused-ring (bicyclic) bond motifs is 1. The van der Waals surface area contributed by atoms with Crippen molar-refractivity contribution in [2.24, 2.45) is 0 Å². The van der Waals surface area contributed by atoms with Gasteiger partial charge >= 0.3 is 11.9 Å². The van der Waals surface area contributed by atoms with Gasteiger partial charge in [-0.2, -0.15) is 23.4 Å². The second-order valence-corrected chi connectivity index (χ2v) is 8.59. The largest absolute Gasteiger partial charge is 0.435 e. The molecule has 5 rings (SSSR count). The molecule has 4 aromatic rings. The first-order valence-corrected chi connectivity index (χ1v) is 10.8. The Bertz CT molecular complexity index is 1420. The first-order valence-electron chi connectivity index (χ1n) is 9.74. The van der Waals surface area contributed by atoms with E-state index in [1.165, 1.54) is 11.0 Å². The van der Waals surface area contributed by atoms with Crippen LogP contribution >= 0.6 is 22.6 Å². The number of anilines is 1. The van der Waals surface area contributed by atoms with Gasteiger partial charge in [-0.15, -0.1) is 0 Å². The highest BCUT2D eigenvalue weighted by Crippen LogP contribution is 2.37. The molecule has 12 heteroatoms. The van der Waals surface area contributed by atoms with Crippen LogP contribution < -0.4 is 10.6 Å². The number of carbonyl (C=O) groups is 1. The summed E-state index contributed by atoms with van der Waals surface area (Å²) in [7, 11) is 0. The van der Waals surface area contributed by atoms with Crippen LogP contribution in [0.25, 0.3) is 17.1 Å². The summed E-state index contributed by atoms with van der Waals surface area (Å²) in [6.07, 6.45) is -4.71. The lowest BCUT2D eigenvalue weighted by molar-refractivity contribution is -0.141. The van der Waals surface area contributed by atoms with Crippen LogP contribution in [0.3, 0.4) is 0 Å². The number of hydrogen-bond donors (Lipinski definition) is 2. The molecular formula is C21H14F3IN6O2. The van der Waals surface area contributed by atoms with E-state index in [1.54, 1.807) is 30.3 Å². The van der Waals surface area contributed by atoms with Crippen LogP contribution in [0.2, 0.25) is 0 Å². The highest BCUT2D eigenvalue weighted by Gasteiger charge is 2.43. The molecule has 0 aliphatic carbocycles. The van der Waals surface area contributed by atoms with Crippen LogP contribution in [0.4, 0.5) is 18.9 Å². The second kappa shape index (κ2) is 7.86. The van der Waals surface area contributed by atoms with Gasteiger partial charge in [0.2, 0.25) is 0 Å². The molecule has 0 saturated heterocycles. The van der Waals surface area contributed by atoms with E-state index < -0.39 is 23.5 Å². The summed E-state index contributed by atoms with van der Waals surface area (Å²) in [6.45, 7) is 0.107. The Morgan fingerprint density at radius 1 is 1.03 bits per heavy atom. The van der Waals surface area contributed by atoms with E-state index in [1.807, 2.05) is 12.1 Å². The van der Waals surface area contributed by atoms with Crippen molar-refractivity contribution < 1.29 is 18.0 Å². The topological polar surface area (TPSA) is 99.7 Å². The van der Waals surface area contributed by atoms with E-state index in [4.69, 9.17) is 0 Å². The average molecular weight is 566 g/mol. The van der Waals surface area contributed by atoms with Gasteiger partial charge < -0.3 is 4.90 Å². The smallest absolute Gasteiger partial charge is 0.307 e. The molecular weight excluding hydrogens is 552 g/mol. The van der Waals surface area contributed by atoms with Crippen LogP contribution in [-0.2, 0) is 12.6 Å². The van der Waals surface area contributed by atoms with Crippen molar-refractivity contribution in [3.05, 3.63) is 79.5 Å². The van der Waals surface area contributed by atoms with Crippen molar-refractivity contribution in [2.75, 3.05) is 11.4 Å². The maximum Gasteiger partial charge on any atom is 0.435 e. The maximum absolute atomic E-state index is 13.8. The molecule has 2 N–H and O–H groups in total. The van der Waals surface area contributed by atoms with Crippen molar-refractivity contribution in [2.45, 2.75) is 12.6 Å². The van der Waals surface area contributed by atoms with Crippen LogP contribution in [0.1, 0.15) is 21.7 Å². The molecule has 1 aliphatic heterocycles. The number of aromatic amines is 2. The molecule has 2 aromatic carbocycles. The third-order valence-corrected chi connectivity index (χ3v) is 6.01. The fraction of sp³-hybridized carbons (Fsp3) is 0.143. The van der Waals surface area contributed by atoms with Gasteiger partial charge in [-0.25, -0.2) is 14.6 Å². The molecule has 0 unspecified atom stereocenters. The quantitative estimate of drug-likeness (QED) is 0.369. The Morgan fingerprint density at radius 2 is 1.79 bits per heavy atom. The number of aromatic nitrogens is 5. The van der Waals surface area contributed by atoms with Gasteiger partial charge in [0.15, 0.2) is 11.5 Å². The summed E-state index contributed by atoms with van der Waals surface area (Å²) in [5.41, 5.74) is -0.591. The van der Waals surface area contributed by atoms with Crippen molar-refractivity contribution in [1.29, 1.82) is 0 Å². The molecule has 2 aromatic heterocycles. The molecule has 0 atom stereocenters. The van der Waals surface area contributed by atoms with Crippen molar-refractivity contribution in [1.82, 2.24) is 25.0 Å². The van der Waals surface area contributed by atoms with Gasteiger partial charge in [0.1, 0.15) is 5.69 Å². The van der Waals surface area contributed by atoms with E-state index in [2.05, 4.69) is 42.9 Å². The number of rotatable bonds is 3. The van der Waals surface area contributed by atoms with Gasteiger partial charge in [-0.05, 0) is 65.4 Å². The molecule has 168 valence electrons. The SMILES string of the molecule is O=C1c2c(c(C(F)(F)F)nn2-c2cccc(-c3n[nH]c(=O)[nH]3)c2)CCN1c1ccc(I)cc1. The zero-order chi connectivity index (χ0) is 23.3. The molecule has 33 heavy (non-hydrogen) atoms. The Balaban J connectivity index is 1.65. The third-order valence-electron chi connectivity index (χ3n) is 5.29. The molecule has 1 amide bonds. The van der Waals surface area contributed by atoms with Crippen LogP contribution in [0.15, 0.2) is 53.3 Å². The first kappa shape index (κ1) is 21.4. The number of benzene rings is 2. The Labute approximate surface area is 197 Å². The van der Waals surface area contributed by atoms with E-state index in [-0.39, 0.29) is 35.7 Å². The summed E-state index contributed by atoms with van der Waals surface area (Å²) >= 11 is 2.14. The normalized spacial score (nSPS) is 13.9. The molecule has 0 saturated carbocycles. The number of amides is 1. The molecule has 3 heterocycles. The fourth-order valence-corrected chi connectivity index (χ4v) is 4.19. The molecule has 0 radical (unpaired) electrons. The monoisotopic (exact) mass is 566 g/mol. The molecule has 0 bridgehead atoms. The van der Waals surface area contributed by atoms with Crippen LogP contribution in [-0.4, -0.2) is 37.4 Å². The Kier molecular flexibility index (Phi) is 5.11. The first-order chi connectivity index (χ1) is 15.7. The molecule has 0 fully saturated rings. The van der Waals surface area contributed by atoms with E-state index in [0.29, 0.717) is 11.3 Å². The number of hydrogen-bond acceptors (Lipinski definition) is 4. The summed E-state index contributed by atoms with van der Waals surface area (Å²) < 4.78 is 43.4. The minimum Gasteiger partial charge on any atom is -0.307 e. The molecule has 8 nitrogen and oxygen atoms in total. The molecule has 0 spiro atoms. The van der Waals surface area contributed by atoms with Crippen LogP contribution in [0, 0.1) is 3.57 Å². The van der Waals surface area contributed by atoms with Gasteiger partial charge in [0.05, 0.1) is 5.69 Å². The van der Waals surface area contributed by atoms with E-state index >= 15 is 0 Å². The standard InChI is InChI=1S/C21H14F3IN6O2/c22-21(23,24)17-15-8-9-30(13-6-4-12(25)5-7-13)19(32)16(15)31(29-17)14-3-1-2-11(10-14)18-26-20(33)28-27-18/h1-7,10H,8-9H2,(H2,26,27,28,33). The lowest BCUT2D eigenvalue weighted by Crippen LogP contribution is -2.39. The van der Waals surface area contributed by atoms with E-state index in [0.717, 1.165) is 8.25 Å². The fourth-order valence-electron chi connectivity index (χ4n) is 3.83. The highest BCUT2D eigenvalue weighted by molar-refractivity contribution is 14.1. The lowest BCUT2D eigenvalue weighted by atomic mass is 10.0. The van der Waals surface area contributed by atoms with Crippen molar-refractivity contribution >= 4 is 34.2 Å². The minimum atomic E-state index is -4.72. The minimum absolute atomic E-state index is 0.00821. The third kappa shape index (κ3) is 3.83. The average Bonchev–Trinajstić information content (AvgIpc) is 3.39. The molecule has 1 aliphatic rings. The van der Waals surface area contributed by atoms with Gasteiger partial charge in [0, 0.05) is 26.9 Å². The Hall–Kier alpha value is -3.42. The van der Waals surface area contributed by atoms with E-state index in [9.17, 15) is 22.8 Å². The summed E-state index contributed by atoms with van der Waals surface area (Å²) in [5, 5.41) is 9.90. The lowest BCUT2D eigenvalue weighted by Gasteiger charge is -2.28.